The highest BCUT2D eigenvalue weighted by atomic mass is 35.5. The summed E-state index contributed by atoms with van der Waals surface area (Å²) in [6.07, 6.45) is 2.84. The van der Waals surface area contributed by atoms with Crippen LogP contribution >= 0.6 is 11.6 Å². The van der Waals surface area contributed by atoms with Crippen LogP contribution in [-0.4, -0.2) is 29.7 Å². The number of aryl methyl sites for hydroxylation is 2. The number of primary amides is 1. The van der Waals surface area contributed by atoms with Crippen molar-refractivity contribution in [1.29, 1.82) is 0 Å². The molecule has 0 radical (unpaired) electrons. The first-order chi connectivity index (χ1) is 16.7. The van der Waals surface area contributed by atoms with Gasteiger partial charge in [-0.3, -0.25) is 24.5 Å². The Morgan fingerprint density at radius 3 is 2.51 bits per heavy atom. The third-order valence-electron chi connectivity index (χ3n) is 7.35. The molecule has 1 spiro atoms. The minimum Gasteiger partial charge on any atom is -0.370 e. The Kier molecular flexibility index (Phi) is 5.68. The summed E-state index contributed by atoms with van der Waals surface area (Å²) in [6.45, 7) is 3.96. The van der Waals surface area contributed by atoms with Crippen LogP contribution < -0.4 is 21.3 Å². The van der Waals surface area contributed by atoms with Gasteiger partial charge in [0.1, 0.15) is 5.54 Å². The number of unbranched alkanes of at least 4 members (excludes halogenated alkanes) is 1. The van der Waals surface area contributed by atoms with Crippen molar-refractivity contribution in [3.63, 3.8) is 0 Å². The topological polar surface area (TPSA) is 122 Å². The number of rotatable bonds is 6. The van der Waals surface area contributed by atoms with E-state index < -0.39 is 47.0 Å². The van der Waals surface area contributed by atoms with Crippen molar-refractivity contribution < 1.29 is 19.2 Å². The highest BCUT2D eigenvalue weighted by molar-refractivity contribution is 6.35. The lowest BCUT2D eigenvalue weighted by Crippen LogP contribution is -2.53. The maximum atomic E-state index is 13.9. The number of carbonyl (C=O) groups is 4. The maximum absolute atomic E-state index is 13.9. The number of halogens is 1. The molecule has 0 aromatic heterocycles. The first kappa shape index (κ1) is 23.5. The second-order valence-corrected chi connectivity index (χ2v) is 10.0. The van der Waals surface area contributed by atoms with Crippen LogP contribution in [0.15, 0.2) is 36.4 Å². The molecule has 0 saturated carbocycles. The Morgan fingerprint density at radius 1 is 1.14 bits per heavy atom. The van der Waals surface area contributed by atoms with Crippen molar-refractivity contribution in [2.45, 2.75) is 51.1 Å². The lowest BCUT2D eigenvalue weighted by Gasteiger charge is -2.29. The molecule has 2 fully saturated rings. The van der Waals surface area contributed by atoms with E-state index in [9.17, 15) is 19.2 Å². The minimum absolute atomic E-state index is 0.187. The van der Waals surface area contributed by atoms with Gasteiger partial charge in [0.15, 0.2) is 0 Å². The summed E-state index contributed by atoms with van der Waals surface area (Å²) < 4.78 is 0. The van der Waals surface area contributed by atoms with Gasteiger partial charge in [0.2, 0.25) is 23.6 Å². The Labute approximate surface area is 208 Å². The fourth-order valence-corrected chi connectivity index (χ4v) is 6.15. The summed E-state index contributed by atoms with van der Waals surface area (Å²) >= 11 is 6.43. The van der Waals surface area contributed by atoms with Crippen LogP contribution in [0.1, 0.15) is 42.9 Å². The summed E-state index contributed by atoms with van der Waals surface area (Å²) in [6, 6.07) is 10.1. The molecule has 8 nitrogen and oxygen atoms in total. The number of benzene rings is 2. The Hall–Kier alpha value is -3.23. The Balaban J connectivity index is 1.61. The maximum Gasteiger partial charge on any atom is 0.250 e. The normalized spacial score (nSPS) is 26.9. The molecule has 9 heteroatoms. The average molecular weight is 495 g/mol. The molecule has 182 valence electrons. The van der Waals surface area contributed by atoms with Crippen molar-refractivity contribution in [2.24, 2.45) is 17.6 Å². The van der Waals surface area contributed by atoms with E-state index in [1.165, 1.54) is 0 Å². The van der Waals surface area contributed by atoms with Gasteiger partial charge in [-0.2, -0.15) is 0 Å². The molecule has 2 aromatic carbocycles. The van der Waals surface area contributed by atoms with Gasteiger partial charge < -0.3 is 11.1 Å². The molecule has 2 saturated heterocycles. The van der Waals surface area contributed by atoms with E-state index in [1.807, 2.05) is 19.1 Å². The van der Waals surface area contributed by atoms with Crippen molar-refractivity contribution in [3.05, 3.63) is 58.1 Å². The first-order valence-electron chi connectivity index (χ1n) is 11.8. The molecule has 5 rings (SSSR count). The number of nitrogens with one attached hydrogen (secondary N) is 2. The molecule has 0 bridgehead atoms. The number of amides is 4. The van der Waals surface area contributed by atoms with E-state index in [-0.39, 0.29) is 6.42 Å². The quantitative estimate of drug-likeness (QED) is 0.533. The Morgan fingerprint density at radius 2 is 1.86 bits per heavy atom. The molecule has 2 unspecified atom stereocenters. The van der Waals surface area contributed by atoms with Gasteiger partial charge in [-0.05, 0) is 49.1 Å². The van der Waals surface area contributed by atoms with E-state index >= 15 is 0 Å². The third-order valence-corrected chi connectivity index (χ3v) is 7.65. The molecular weight excluding hydrogens is 468 g/mol. The molecule has 3 aliphatic rings. The van der Waals surface area contributed by atoms with Crippen molar-refractivity contribution in [2.75, 3.05) is 10.2 Å². The van der Waals surface area contributed by atoms with Crippen LogP contribution in [0.25, 0.3) is 0 Å². The number of nitrogens with two attached hydrogens (primary N) is 1. The lowest BCUT2D eigenvalue weighted by molar-refractivity contribution is -0.130. The predicted octanol–water partition coefficient (Wildman–Crippen LogP) is 2.79. The van der Waals surface area contributed by atoms with Crippen LogP contribution in [0.4, 0.5) is 11.4 Å². The molecule has 3 heterocycles. The van der Waals surface area contributed by atoms with Gasteiger partial charge in [0.25, 0.3) is 0 Å². The number of hydrogen-bond acceptors (Lipinski definition) is 5. The highest BCUT2D eigenvalue weighted by Gasteiger charge is 2.71. The zero-order valence-corrected chi connectivity index (χ0v) is 20.3. The number of anilines is 2. The SMILES string of the molecule is CCCCc1ccc(N2C(=O)[C@@H]3C(CC(N)=O)NC4(C(=O)Nc5c(Cl)cc(C)cc54)[C@@H]3C2=O)cc1. The number of nitrogens with zero attached hydrogens (tertiary/aromatic N) is 1. The van der Waals surface area contributed by atoms with Crippen LogP contribution in [0.5, 0.6) is 0 Å². The van der Waals surface area contributed by atoms with Gasteiger partial charge in [-0.25, -0.2) is 4.90 Å². The smallest absolute Gasteiger partial charge is 0.250 e. The van der Waals surface area contributed by atoms with E-state index in [0.717, 1.165) is 35.3 Å². The number of hydrogen-bond donors (Lipinski definition) is 3. The fraction of sp³-hybridized carbons (Fsp3) is 0.385. The molecule has 35 heavy (non-hydrogen) atoms. The van der Waals surface area contributed by atoms with Gasteiger partial charge in [-0.1, -0.05) is 43.1 Å². The molecule has 2 aromatic rings. The second kappa shape index (κ2) is 8.46. The summed E-state index contributed by atoms with van der Waals surface area (Å²) in [5, 5.41) is 6.33. The zero-order valence-electron chi connectivity index (χ0n) is 19.6. The summed E-state index contributed by atoms with van der Waals surface area (Å²) in [4.78, 5) is 54.2. The summed E-state index contributed by atoms with van der Waals surface area (Å²) in [5.74, 6) is -4.00. The van der Waals surface area contributed by atoms with Gasteiger partial charge in [0, 0.05) is 18.0 Å². The number of carbonyl (C=O) groups excluding carboxylic acids is 4. The lowest BCUT2D eigenvalue weighted by atomic mass is 9.76. The van der Waals surface area contributed by atoms with E-state index in [0.29, 0.717) is 22.0 Å². The van der Waals surface area contributed by atoms with E-state index in [4.69, 9.17) is 17.3 Å². The molecule has 4 N–H and O–H groups in total. The van der Waals surface area contributed by atoms with Gasteiger partial charge in [0.05, 0.1) is 28.2 Å². The van der Waals surface area contributed by atoms with Gasteiger partial charge >= 0.3 is 0 Å². The fourth-order valence-electron chi connectivity index (χ4n) is 5.83. The van der Waals surface area contributed by atoms with Gasteiger partial charge in [-0.15, -0.1) is 0 Å². The Bertz CT molecular complexity index is 1260. The monoisotopic (exact) mass is 494 g/mol. The van der Waals surface area contributed by atoms with E-state index in [1.54, 1.807) is 24.3 Å². The second-order valence-electron chi connectivity index (χ2n) is 9.64. The van der Waals surface area contributed by atoms with Crippen LogP contribution in [-0.2, 0) is 31.1 Å². The summed E-state index contributed by atoms with van der Waals surface area (Å²) in [5.41, 5.74) is 7.25. The number of fused-ring (bicyclic) bond motifs is 4. The average Bonchev–Trinajstić information content (AvgIpc) is 3.38. The third kappa shape index (κ3) is 3.46. The van der Waals surface area contributed by atoms with Crippen molar-refractivity contribution in [3.8, 4) is 0 Å². The van der Waals surface area contributed by atoms with Crippen molar-refractivity contribution in [1.82, 2.24) is 5.32 Å². The van der Waals surface area contributed by atoms with Crippen LogP contribution in [0.3, 0.4) is 0 Å². The highest BCUT2D eigenvalue weighted by Crippen LogP contribution is 2.55. The molecule has 0 aliphatic carbocycles. The summed E-state index contributed by atoms with van der Waals surface area (Å²) in [7, 11) is 0. The molecule has 3 aliphatic heterocycles. The van der Waals surface area contributed by atoms with Crippen molar-refractivity contribution >= 4 is 46.6 Å². The predicted molar refractivity (Wildman–Crippen MR) is 132 cm³/mol. The number of imide groups is 1. The van der Waals surface area contributed by atoms with Crippen LogP contribution in [0.2, 0.25) is 5.02 Å². The zero-order chi connectivity index (χ0) is 25.1. The van der Waals surface area contributed by atoms with Crippen LogP contribution in [0, 0.1) is 18.8 Å². The minimum atomic E-state index is -1.53. The first-order valence-corrected chi connectivity index (χ1v) is 12.2. The molecule has 4 atom stereocenters. The molecule has 4 amide bonds. The standard InChI is InChI=1S/C26H27ClN4O4/c1-3-4-5-14-6-8-15(9-7-14)31-23(33)20-18(12-19(28)32)30-26(21(20)24(31)34)16-10-13(2)11-17(27)22(16)29-25(26)35/h6-11,18,20-21,30H,3-5,12H2,1-2H3,(H2,28,32)(H,29,35)/t18?,20-,21+,26?/m1/s1. The largest absolute Gasteiger partial charge is 0.370 e. The molecular formula is C26H27ClN4O4. The van der Waals surface area contributed by atoms with E-state index in [2.05, 4.69) is 17.6 Å².